The van der Waals surface area contributed by atoms with Gasteiger partial charge in [-0.25, -0.2) is 0 Å². The molecule has 0 radical (unpaired) electrons. The summed E-state index contributed by atoms with van der Waals surface area (Å²) in [5, 5.41) is 13.2. The van der Waals surface area contributed by atoms with Crippen LogP contribution in [0.25, 0.3) is 0 Å². The molecule has 1 heterocycles. The van der Waals surface area contributed by atoms with Gasteiger partial charge in [-0.1, -0.05) is 6.42 Å². The van der Waals surface area contributed by atoms with Crippen LogP contribution in [0.15, 0.2) is 0 Å². The van der Waals surface area contributed by atoms with E-state index in [1.807, 2.05) is 0 Å². The smallest absolute Gasteiger partial charge is 0.109 e. The Morgan fingerprint density at radius 1 is 1.50 bits per heavy atom. The second-order valence-corrected chi connectivity index (χ2v) is 6.72. The van der Waals surface area contributed by atoms with Gasteiger partial charge in [-0.15, -0.1) is 0 Å². The number of nitrogens with zero attached hydrogens (tertiary/aromatic N) is 2. The first kappa shape index (κ1) is 15.8. The second kappa shape index (κ2) is 6.89. The molecular formula is C16H29N3O. The van der Waals surface area contributed by atoms with Crippen molar-refractivity contribution >= 4 is 0 Å². The highest BCUT2D eigenvalue weighted by Gasteiger charge is 2.43. The van der Waals surface area contributed by atoms with Crippen LogP contribution < -0.4 is 5.32 Å². The van der Waals surface area contributed by atoms with Gasteiger partial charge in [0.15, 0.2) is 0 Å². The summed E-state index contributed by atoms with van der Waals surface area (Å²) in [6.45, 7) is 10.3. The Morgan fingerprint density at radius 3 is 2.95 bits per heavy atom. The molecule has 0 bridgehead atoms. The van der Waals surface area contributed by atoms with Crippen LogP contribution in [0.5, 0.6) is 0 Å². The maximum absolute atomic E-state index is 9.68. The molecule has 1 aliphatic carbocycles. The zero-order valence-electron chi connectivity index (χ0n) is 13.2. The van der Waals surface area contributed by atoms with Crippen LogP contribution in [0, 0.1) is 17.2 Å². The fourth-order valence-electron chi connectivity index (χ4n) is 3.77. The van der Waals surface area contributed by atoms with E-state index in [4.69, 9.17) is 4.74 Å². The molecule has 0 aromatic rings. The molecule has 2 rings (SSSR count). The Balaban J connectivity index is 1.92. The molecule has 4 heteroatoms. The molecule has 3 unspecified atom stereocenters. The summed E-state index contributed by atoms with van der Waals surface area (Å²) < 4.78 is 5.49. The molecule has 0 aromatic carbocycles. The molecule has 1 saturated heterocycles. The third-order valence-electron chi connectivity index (χ3n) is 4.84. The van der Waals surface area contributed by atoms with E-state index in [1.165, 1.54) is 12.8 Å². The van der Waals surface area contributed by atoms with Crippen molar-refractivity contribution < 1.29 is 4.74 Å². The monoisotopic (exact) mass is 279 g/mol. The number of rotatable bonds is 5. The number of hydrogen-bond donors (Lipinski definition) is 1. The van der Waals surface area contributed by atoms with Gasteiger partial charge in [0.25, 0.3) is 0 Å². The Kier molecular flexibility index (Phi) is 5.42. The van der Waals surface area contributed by atoms with Crippen molar-refractivity contribution in [1.82, 2.24) is 10.2 Å². The lowest BCUT2D eigenvalue weighted by atomic mass is 9.85. The number of nitrogens with one attached hydrogen (secondary N) is 1. The highest BCUT2D eigenvalue weighted by atomic mass is 16.5. The molecule has 114 valence electrons. The zero-order chi connectivity index (χ0) is 14.6. The van der Waals surface area contributed by atoms with Crippen LogP contribution in [0.3, 0.4) is 0 Å². The van der Waals surface area contributed by atoms with Crippen LogP contribution in [-0.2, 0) is 4.74 Å². The standard InChI is InChI=1S/C16H29N3O/c1-13(2)18-16(12-17)7-4-5-15(16)6-8-19-9-10-20-11-14(19)3/h13-15,18H,4-11H2,1-3H3. The van der Waals surface area contributed by atoms with Crippen LogP contribution in [0.4, 0.5) is 0 Å². The maximum Gasteiger partial charge on any atom is 0.109 e. The molecule has 4 nitrogen and oxygen atoms in total. The predicted molar refractivity (Wildman–Crippen MR) is 80.4 cm³/mol. The van der Waals surface area contributed by atoms with E-state index < -0.39 is 0 Å². The Hall–Kier alpha value is -0.630. The molecule has 1 aliphatic heterocycles. The minimum absolute atomic E-state index is 0.288. The van der Waals surface area contributed by atoms with Crippen molar-refractivity contribution in [3.8, 4) is 6.07 Å². The molecule has 0 amide bonds. The molecule has 0 aromatic heterocycles. The number of nitriles is 1. The number of morpholine rings is 1. The Morgan fingerprint density at radius 2 is 2.30 bits per heavy atom. The molecule has 2 fully saturated rings. The fraction of sp³-hybridized carbons (Fsp3) is 0.938. The van der Waals surface area contributed by atoms with E-state index in [0.29, 0.717) is 18.0 Å². The van der Waals surface area contributed by atoms with Crippen molar-refractivity contribution in [3.63, 3.8) is 0 Å². The Bertz CT molecular complexity index is 352. The summed E-state index contributed by atoms with van der Waals surface area (Å²) in [5.74, 6) is 0.491. The molecule has 1 N–H and O–H groups in total. The first-order valence-corrected chi connectivity index (χ1v) is 8.08. The minimum atomic E-state index is -0.288. The van der Waals surface area contributed by atoms with E-state index in [9.17, 15) is 5.26 Å². The summed E-state index contributed by atoms with van der Waals surface area (Å²) in [4.78, 5) is 2.51. The molecule has 2 aliphatic rings. The number of hydrogen-bond acceptors (Lipinski definition) is 4. The van der Waals surface area contributed by atoms with Gasteiger partial charge in [-0.3, -0.25) is 10.2 Å². The maximum atomic E-state index is 9.68. The molecule has 1 saturated carbocycles. The third kappa shape index (κ3) is 3.52. The van der Waals surface area contributed by atoms with E-state index >= 15 is 0 Å². The highest BCUT2D eigenvalue weighted by Crippen LogP contribution is 2.38. The highest BCUT2D eigenvalue weighted by molar-refractivity contribution is 5.14. The van der Waals surface area contributed by atoms with Crippen molar-refractivity contribution in [2.45, 2.75) is 64.1 Å². The van der Waals surface area contributed by atoms with Gasteiger partial charge in [-0.05, 0) is 52.5 Å². The summed E-state index contributed by atoms with van der Waals surface area (Å²) in [5.41, 5.74) is -0.288. The first-order valence-electron chi connectivity index (χ1n) is 8.08. The van der Waals surface area contributed by atoms with E-state index in [-0.39, 0.29) is 5.54 Å². The van der Waals surface area contributed by atoms with E-state index in [0.717, 1.165) is 39.1 Å². The summed E-state index contributed by atoms with van der Waals surface area (Å²) in [7, 11) is 0. The number of ether oxygens (including phenoxy) is 1. The van der Waals surface area contributed by atoms with Gasteiger partial charge < -0.3 is 4.74 Å². The van der Waals surface area contributed by atoms with Crippen molar-refractivity contribution in [3.05, 3.63) is 0 Å². The van der Waals surface area contributed by atoms with Gasteiger partial charge in [0, 0.05) is 18.6 Å². The van der Waals surface area contributed by atoms with Gasteiger partial charge in [0.2, 0.25) is 0 Å². The molecule has 20 heavy (non-hydrogen) atoms. The molecule has 3 atom stereocenters. The topological polar surface area (TPSA) is 48.3 Å². The van der Waals surface area contributed by atoms with Crippen LogP contribution in [0.1, 0.15) is 46.5 Å². The summed E-state index contributed by atoms with van der Waals surface area (Å²) in [6.07, 6.45) is 4.49. The van der Waals surface area contributed by atoms with Gasteiger partial charge in [0.05, 0.1) is 19.3 Å². The van der Waals surface area contributed by atoms with Gasteiger partial charge >= 0.3 is 0 Å². The lowest BCUT2D eigenvalue weighted by Crippen LogP contribution is -2.51. The van der Waals surface area contributed by atoms with Crippen LogP contribution in [0.2, 0.25) is 0 Å². The lowest BCUT2D eigenvalue weighted by molar-refractivity contribution is -0.00348. The van der Waals surface area contributed by atoms with Crippen molar-refractivity contribution in [2.75, 3.05) is 26.3 Å². The van der Waals surface area contributed by atoms with E-state index in [1.54, 1.807) is 0 Å². The average Bonchev–Trinajstić information content (AvgIpc) is 2.80. The lowest BCUT2D eigenvalue weighted by Gasteiger charge is -2.36. The molecule has 0 spiro atoms. The zero-order valence-corrected chi connectivity index (χ0v) is 13.2. The largest absolute Gasteiger partial charge is 0.379 e. The third-order valence-corrected chi connectivity index (χ3v) is 4.84. The normalized spacial score (nSPS) is 35.4. The second-order valence-electron chi connectivity index (χ2n) is 6.72. The SMILES string of the molecule is CC(C)NC1(C#N)CCCC1CCN1CCOCC1C. The van der Waals surface area contributed by atoms with Crippen molar-refractivity contribution in [1.29, 1.82) is 5.26 Å². The minimum Gasteiger partial charge on any atom is -0.379 e. The average molecular weight is 279 g/mol. The van der Waals surface area contributed by atoms with Crippen LogP contribution in [-0.4, -0.2) is 48.8 Å². The predicted octanol–water partition coefficient (Wildman–Crippen LogP) is 2.16. The summed E-state index contributed by atoms with van der Waals surface area (Å²) >= 11 is 0. The van der Waals surface area contributed by atoms with Crippen molar-refractivity contribution in [2.24, 2.45) is 5.92 Å². The fourth-order valence-corrected chi connectivity index (χ4v) is 3.77. The quantitative estimate of drug-likeness (QED) is 0.838. The molecular weight excluding hydrogens is 250 g/mol. The summed E-state index contributed by atoms with van der Waals surface area (Å²) in [6, 6.07) is 3.49. The van der Waals surface area contributed by atoms with Crippen LogP contribution >= 0.6 is 0 Å². The van der Waals surface area contributed by atoms with Gasteiger partial charge in [-0.2, -0.15) is 5.26 Å². The Labute approximate surface area is 123 Å². The van der Waals surface area contributed by atoms with Gasteiger partial charge in [0.1, 0.15) is 5.54 Å². The first-order chi connectivity index (χ1) is 9.57. The van der Waals surface area contributed by atoms with E-state index in [2.05, 4.69) is 37.1 Å².